The number of fused-ring (bicyclic) bond motifs is 1. The van der Waals surface area contributed by atoms with Crippen LogP contribution in [0.5, 0.6) is 0 Å². The molecule has 0 aliphatic carbocycles. The zero-order valence-electron chi connectivity index (χ0n) is 25.7. The van der Waals surface area contributed by atoms with Gasteiger partial charge in [-0.05, 0) is 13.3 Å². The van der Waals surface area contributed by atoms with Gasteiger partial charge in [0.1, 0.15) is 12.2 Å². The van der Waals surface area contributed by atoms with Crippen molar-refractivity contribution in [2.75, 3.05) is 11.9 Å². The molecule has 2 aromatic rings. The van der Waals surface area contributed by atoms with Crippen LogP contribution in [0, 0.1) is 5.92 Å². The normalized spacial score (nSPS) is 21.4. The van der Waals surface area contributed by atoms with Gasteiger partial charge in [-0.25, -0.2) is 4.98 Å². The fraction of sp³-hybridized carbons (Fsp3) is 0.800. The molecule has 226 valence electrons. The second-order valence-corrected chi connectivity index (χ2v) is 11.4. The van der Waals surface area contributed by atoms with Crippen molar-refractivity contribution in [3.8, 4) is 0 Å². The van der Waals surface area contributed by atoms with Crippen molar-refractivity contribution < 1.29 is 20.7 Å². The molecule has 3 N–H and O–H groups in total. The minimum Gasteiger partial charge on any atom is -0.388 e. The van der Waals surface area contributed by atoms with Gasteiger partial charge in [0.15, 0.2) is 17.4 Å². The lowest BCUT2D eigenvalue weighted by atomic mass is 10.0. The molecule has 1 unspecified atom stereocenters. The summed E-state index contributed by atoms with van der Waals surface area (Å²) in [6.45, 7) is 6.07. The summed E-state index contributed by atoms with van der Waals surface area (Å²) in [6.07, 6.45) is 15.9. The molecule has 10 heteroatoms. The van der Waals surface area contributed by atoms with Crippen LogP contribution in [0.15, 0.2) is 11.1 Å². The molecule has 0 saturated carbocycles. The number of ether oxygens (including phenoxy) is 2. The molecule has 3 heterocycles. The average Bonchev–Trinajstić information content (AvgIpc) is 3.51. The van der Waals surface area contributed by atoms with Gasteiger partial charge >= 0.3 is 0 Å². The van der Waals surface area contributed by atoms with Crippen molar-refractivity contribution in [3.05, 3.63) is 16.7 Å². The maximum atomic E-state index is 12.6. The fourth-order valence-electron chi connectivity index (χ4n) is 5.07. The predicted molar refractivity (Wildman–Crippen MR) is 157 cm³/mol. The van der Waals surface area contributed by atoms with Gasteiger partial charge in [-0.3, -0.25) is 24.5 Å². The number of aliphatic hydroxyl groups excluding tert-OH is 1. The maximum absolute atomic E-state index is 12.6. The Bertz CT molecular complexity index is 1110. The molecule has 0 aromatic carbocycles. The van der Waals surface area contributed by atoms with Crippen LogP contribution in [0.25, 0.3) is 11.2 Å². The molecule has 0 radical (unpaired) electrons. The highest BCUT2D eigenvalue weighted by molar-refractivity contribution is 5.91. The Hall–Kier alpha value is -2.30. The van der Waals surface area contributed by atoms with E-state index >= 15 is 0 Å². The van der Waals surface area contributed by atoms with E-state index in [1.54, 1.807) is 18.4 Å². The highest BCUT2D eigenvalue weighted by Crippen LogP contribution is 2.33. The standard InChI is InChI=1S/C30H51N5O5/c1-5-6-7-8-9-10-11-12-13-14-15-16-17-18-19-39-25-24(36)22(4)40-29(25)35-20-31-23-26(35)32-30(34-28(23)38)33-27(37)21(2)3/h20-22,24-25,29,36H,5-19H2,1-4H3,(H2,32,33,34,37,38)/t22-,24-,25-,29?/m1/s1/i4D. The molecule has 1 saturated heterocycles. The number of imidazole rings is 1. The van der Waals surface area contributed by atoms with Gasteiger partial charge in [-0.1, -0.05) is 104 Å². The first-order valence-corrected chi connectivity index (χ1v) is 15.4. The maximum Gasteiger partial charge on any atom is 0.280 e. The summed E-state index contributed by atoms with van der Waals surface area (Å²) in [5.74, 6) is -0.562. The number of H-pyrrole nitrogens is 1. The quantitative estimate of drug-likeness (QED) is 0.183. The number of hydrogen-bond donors (Lipinski definition) is 3. The highest BCUT2D eigenvalue weighted by atomic mass is 16.6. The Morgan fingerprint density at radius 3 is 2.27 bits per heavy atom. The van der Waals surface area contributed by atoms with Crippen molar-refractivity contribution in [2.24, 2.45) is 5.92 Å². The lowest BCUT2D eigenvalue weighted by Gasteiger charge is -2.22. The predicted octanol–water partition coefficient (Wildman–Crippen LogP) is 5.86. The Kier molecular flexibility index (Phi) is 12.9. The van der Waals surface area contributed by atoms with Crippen LogP contribution in [0.4, 0.5) is 5.95 Å². The molecule has 3 rings (SSSR count). The smallest absolute Gasteiger partial charge is 0.280 e. The van der Waals surface area contributed by atoms with Crippen LogP contribution < -0.4 is 10.9 Å². The second kappa shape index (κ2) is 16.8. The molecule has 10 nitrogen and oxygen atoms in total. The van der Waals surface area contributed by atoms with Crippen LogP contribution in [0.1, 0.15) is 125 Å². The summed E-state index contributed by atoms with van der Waals surface area (Å²) in [6, 6.07) is 0. The summed E-state index contributed by atoms with van der Waals surface area (Å²) < 4.78 is 21.4. The second-order valence-electron chi connectivity index (χ2n) is 11.4. The minimum atomic E-state index is -0.997. The molecule has 2 aromatic heterocycles. The molecular weight excluding hydrogens is 510 g/mol. The van der Waals surface area contributed by atoms with Gasteiger partial charge in [0.25, 0.3) is 5.56 Å². The van der Waals surface area contributed by atoms with Gasteiger partial charge in [-0.2, -0.15) is 4.98 Å². The summed E-state index contributed by atoms with van der Waals surface area (Å²) in [7, 11) is 0. The average molecular weight is 563 g/mol. The van der Waals surface area contributed by atoms with Crippen molar-refractivity contribution in [1.29, 1.82) is 0 Å². The number of nitrogens with one attached hydrogen (secondary N) is 2. The summed E-state index contributed by atoms with van der Waals surface area (Å²) >= 11 is 0. The fourth-order valence-corrected chi connectivity index (χ4v) is 5.07. The number of unbranched alkanes of at least 4 members (excludes halogenated alkanes) is 13. The van der Waals surface area contributed by atoms with E-state index in [2.05, 4.69) is 27.2 Å². The number of carbonyl (C=O) groups is 1. The number of hydrogen-bond acceptors (Lipinski definition) is 7. The lowest BCUT2D eigenvalue weighted by Crippen LogP contribution is -2.33. The number of amides is 1. The first-order valence-electron chi connectivity index (χ1n) is 16.1. The van der Waals surface area contributed by atoms with Crippen LogP contribution in [-0.4, -0.2) is 55.5 Å². The zero-order chi connectivity index (χ0) is 29.6. The van der Waals surface area contributed by atoms with Crippen molar-refractivity contribution in [1.82, 2.24) is 19.5 Å². The molecule has 40 heavy (non-hydrogen) atoms. The van der Waals surface area contributed by atoms with Crippen molar-refractivity contribution in [2.45, 2.75) is 142 Å². The van der Waals surface area contributed by atoms with Gasteiger partial charge in [0.05, 0.1) is 12.4 Å². The number of aliphatic hydroxyl groups is 1. The number of aromatic amines is 1. The third-order valence-corrected chi connectivity index (χ3v) is 7.59. The van der Waals surface area contributed by atoms with E-state index in [0.29, 0.717) is 6.61 Å². The van der Waals surface area contributed by atoms with Gasteiger partial charge in [0, 0.05) is 13.9 Å². The van der Waals surface area contributed by atoms with E-state index in [1.807, 2.05) is 0 Å². The largest absolute Gasteiger partial charge is 0.388 e. The molecular formula is C30H51N5O5. The van der Waals surface area contributed by atoms with Crippen LogP contribution in [0.3, 0.4) is 0 Å². The van der Waals surface area contributed by atoms with Gasteiger partial charge in [0.2, 0.25) is 11.9 Å². The van der Waals surface area contributed by atoms with Crippen LogP contribution >= 0.6 is 0 Å². The van der Waals surface area contributed by atoms with Gasteiger partial charge in [-0.15, -0.1) is 0 Å². The summed E-state index contributed by atoms with van der Waals surface area (Å²) in [4.78, 5) is 35.9. The number of carbonyl (C=O) groups excluding carboxylic acids is 1. The minimum absolute atomic E-state index is 0.0124. The number of nitrogens with zero attached hydrogens (tertiary/aromatic N) is 3. The number of rotatable bonds is 19. The Labute approximate surface area is 240 Å². The van der Waals surface area contributed by atoms with E-state index in [0.717, 1.165) is 19.3 Å². The van der Waals surface area contributed by atoms with E-state index in [4.69, 9.17) is 10.8 Å². The van der Waals surface area contributed by atoms with E-state index in [1.165, 1.54) is 77.0 Å². The summed E-state index contributed by atoms with van der Waals surface area (Å²) in [5.41, 5.74) is -0.199. The van der Waals surface area contributed by atoms with Gasteiger partial charge < -0.3 is 14.6 Å². The molecule has 1 amide bonds. The SMILES string of the molecule is [2H]C[C@H]1OC(n2cnc3c(=O)[nH]c(NC(=O)C(C)C)nc32)[C@H](OCCCCCCCCCCCCCCCC)[C@@H]1O. The molecule has 1 aliphatic rings. The third-order valence-electron chi connectivity index (χ3n) is 7.59. The Morgan fingerprint density at radius 1 is 1.10 bits per heavy atom. The lowest BCUT2D eigenvalue weighted by molar-refractivity contribution is -0.118. The molecule has 1 aliphatic heterocycles. The first kappa shape index (κ1) is 30.7. The summed E-state index contributed by atoms with van der Waals surface area (Å²) in [5, 5.41) is 13.5. The van der Waals surface area contributed by atoms with Crippen molar-refractivity contribution in [3.63, 3.8) is 0 Å². The Balaban J connectivity index is 1.45. The highest BCUT2D eigenvalue weighted by Gasteiger charge is 2.44. The van der Waals surface area contributed by atoms with Crippen LogP contribution in [0.2, 0.25) is 0 Å². The zero-order valence-corrected chi connectivity index (χ0v) is 24.7. The third kappa shape index (κ3) is 9.38. The molecule has 4 atom stereocenters. The molecule has 0 bridgehead atoms. The number of anilines is 1. The Morgan fingerprint density at radius 2 is 1.70 bits per heavy atom. The van der Waals surface area contributed by atoms with Crippen molar-refractivity contribution >= 4 is 23.0 Å². The molecule has 1 fully saturated rings. The number of aromatic nitrogens is 4. The first-order chi connectivity index (χ1) is 19.9. The topological polar surface area (TPSA) is 131 Å². The van der Waals surface area contributed by atoms with E-state index in [9.17, 15) is 14.7 Å². The molecule has 0 spiro atoms. The van der Waals surface area contributed by atoms with E-state index < -0.39 is 30.1 Å². The monoisotopic (exact) mass is 562 g/mol. The van der Waals surface area contributed by atoms with E-state index in [-0.39, 0.29) is 35.8 Å². The van der Waals surface area contributed by atoms with Crippen LogP contribution in [-0.2, 0) is 14.3 Å².